The number of nitrogens with zero attached hydrogens (tertiary/aromatic N) is 1. The Bertz CT molecular complexity index is 527. The van der Waals surface area contributed by atoms with E-state index in [0.717, 1.165) is 22.0 Å². The molecule has 18 heavy (non-hydrogen) atoms. The minimum absolute atomic E-state index is 0.550. The van der Waals surface area contributed by atoms with Crippen molar-refractivity contribution >= 4 is 22.9 Å². The second kappa shape index (κ2) is 6.18. The number of nitrogens with two attached hydrogens (primary N) is 1. The number of benzene rings is 1. The number of ether oxygens (including phenoxy) is 1. The Morgan fingerprint density at radius 1 is 1.39 bits per heavy atom. The third kappa shape index (κ3) is 3.22. The highest BCUT2D eigenvalue weighted by molar-refractivity contribution is 7.11. The first-order valence-electron chi connectivity index (χ1n) is 5.73. The molecule has 0 atom stereocenters. The smallest absolute Gasteiger partial charge is 0.137 e. The van der Waals surface area contributed by atoms with Crippen LogP contribution in [0.2, 0.25) is 5.02 Å². The van der Waals surface area contributed by atoms with Gasteiger partial charge in [0, 0.05) is 17.8 Å². The van der Waals surface area contributed by atoms with Gasteiger partial charge in [0.05, 0.1) is 22.3 Å². The second-order valence-electron chi connectivity index (χ2n) is 3.85. The summed E-state index contributed by atoms with van der Waals surface area (Å²) in [6, 6.07) is 7.46. The van der Waals surface area contributed by atoms with Gasteiger partial charge in [-0.3, -0.25) is 0 Å². The monoisotopic (exact) mass is 282 g/mol. The number of thiazole rings is 1. The standard InChI is InChI=1S/C13H15ClN2OS/c1-9-12(8-15)18-13(16-9)6-7-17-11-5-3-2-4-10(11)14/h2-5H,6-8,15H2,1H3. The number of hydrogen-bond acceptors (Lipinski definition) is 4. The van der Waals surface area contributed by atoms with Crippen LogP contribution in [-0.4, -0.2) is 11.6 Å². The van der Waals surface area contributed by atoms with Gasteiger partial charge in [-0.25, -0.2) is 4.98 Å². The molecular weight excluding hydrogens is 268 g/mol. The second-order valence-corrected chi connectivity index (χ2v) is 5.42. The molecule has 1 aromatic heterocycles. The van der Waals surface area contributed by atoms with E-state index in [1.807, 2.05) is 31.2 Å². The molecule has 0 aliphatic rings. The lowest BCUT2D eigenvalue weighted by atomic mass is 10.3. The minimum atomic E-state index is 0.550. The van der Waals surface area contributed by atoms with Crippen LogP contribution < -0.4 is 10.5 Å². The maximum absolute atomic E-state index is 6.00. The molecule has 5 heteroatoms. The summed E-state index contributed by atoms with van der Waals surface area (Å²) in [5.74, 6) is 0.714. The molecule has 2 aromatic rings. The predicted molar refractivity (Wildman–Crippen MR) is 75.4 cm³/mol. The third-order valence-corrected chi connectivity index (χ3v) is 4.08. The fraction of sp³-hybridized carbons (Fsp3) is 0.308. The van der Waals surface area contributed by atoms with Crippen molar-refractivity contribution in [2.45, 2.75) is 19.9 Å². The Balaban J connectivity index is 1.90. The molecule has 0 saturated carbocycles. The molecule has 2 N–H and O–H groups in total. The van der Waals surface area contributed by atoms with Gasteiger partial charge in [0.1, 0.15) is 5.75 Å². The molecule has 0 unspecified atom stereocenters. The van der Waals surface area contributed by atoms with E-state index in [0.29, 0.717) is 23.9 Å². The first-order chi connectivity index (χ1) is 8.70. The van der Waals surface area contributed by atoms with Crippen LogP contribution in [0.25, 0.3) is 0 Å². The Morgan fingerprint density at radius 3 is 2.83 bits per heavy atom. The van der Waals surface area contributed by atoms with E-state index < -0.39 is 0 Å². The maximum atomic E-state index is 6.00. The molecule has 0 amide bonds. The lowest BCUT2D eigenvalue weighted by Crippen LogP contribution is -2.01. The first kappa shape index (κ1) is 13.3. The predicted octanol–water partition coefficient (Wildman–Crippen LogP) is 3.19. The quantitative estimate of drug-likeness (QED) is 0.916. The Morgan fingerprint density at radius 2 is 2.17 bits per heavy atom. The summed E-state index contributed by atoms with van der Waals surface area (Å²) in [5, 5.41) is 1.69. The molecule has 1 aromatic carbocycles. The van der Waals surface area contributed by atoms with Gasteiger partial charge in [-0.15, -0.1) is 11.3 Å². The highest BCUT2D eigenvalue weighted by atomic mass is 35.5. The molecule has 2 rings (SSSR count). The molecule has 0 aliphatic carbocycles. The normalized spacial score (nSPS) is 10.6. The third-order valence-electron chi connectivity index (χ3n) is 2.53. The fourth-order valence-electron chi connectivity index (χ4n) is 1.59. The summed E-state index contributed by atoms with van der Waals surface area (Å²) in [6.45, 7) is 3.10. The van der Waals surface area contributed by atoms with Crippen molar-refractivity contribution in [3.63, 3.8) is 0 Å². The lowest BCUT2D eigenvalue weighted by molar-refractivity contribution is 0.322. The molecule has 0 radical (unpaired) electrons. The molecule has 0 fully saturated rings. The number of para-hydroxylation sites is 1. The Labute approximate surface area is 116 Å². The zero-order valence-electron chi connectivity index (χ0n) is 10.1. The Hall–Kier alpha value is -1.10. The van der Waals surface area contributed by atoms with E-state index >= 15 is 0 Å². The number of aromatic nitrogens is 1. The van der Waals surface area contributed by atoms with Crippen molar-refractivity contribution in [3.05, 3.63) is 44.9 Å². The number of rotatable bonds is 5. The number of aryl methyl sites for hydroxylation is 1. The number of hydrogen-bond donors (Lipinski definition) is 1. The SMILES string of the molecule is Cc1nc(CCOc2ccccc2Cl)sc1CN. The lowest BCUT2D eigenvalue weighted by Gasteiger charge is -2.06. The van der Waals surface area contributed by atoms with Gasteiger partial charge < -0.3 is 10.5 Å². The van der Waals surface area contributed by atoms with Crippen LogP contribution in [0.5, 0.6) is 5.75 Å². The van der Waals surface area contributed by atoms with Gasteiger partial charge in [0.2, 0.25) is 0 Å². The average molecular weight is 283 g/mol. The molecule has 1 heterocycles. The fourth-order valence-corrected chi connectivity index (χ4v) is 2.71. The first-order valence-corrected chi connectivity index (χ1v) is 6.92. The van der Waals surface area contributed by atoms with Crippen LogP contribution >= 0.6 is 22.9 Å². The van der Waals surface area contributed by atoms with Crippen molar-refractivity contribution in [1.29, 1.82) is 0 Å². The van der Waals surface area contributed by atoms with Gasteiger partial charge in [-0.05, 0) is 19.1 Å². The van der Waals surface area contributed by atoms with Crippen LogP contribution in [0.4, 0.5) is 0 Å². The molecule has 3 nitrogen and oxygen atoms in total. The van der Waals surface area contributed by atoms with E-state index in [1.165, 1.54) is 0 Å². The van der Waals surface area contributed by atoms with Gasteiger partial charge >= 0.3 is 0 Å². The topological polar surface area (TPSA) is 48.1 Å². The summed E-state index contributed by atoms with van der Waals surface area (Å²) in [4.78, 5) is 5.60. The van der Waals surface area contributed by atoms with E-state index in [1.54, 1.807) is 11.3 Å². The summed E-state index contributed by atoms with van der Waals surface area (Å²) < 4.78 is 5.63. The van der Waals surface area contributed by atoms with Crippen LogP contribution in [-0.2, 0) is 13.0 Å². The zero-order chi connectivity index (χ0) is 13.0. The van der Waals surface area contributed by atoms with E-state index in [4.69, 9.17) is 22.1 Å². The molecular formula is C13H15ClN2OS. The van der Waals surface area contributed by atoms with E-state index in [9.17, 15) is 0 Å². The molecule has 0 aliphatic heterocycles. The van der Waals surface area contributed by atoms with Crippen molar-refractivity contribution in [1.82, 2.24) is 4.98 Å². The maximum Gasteiger partial charge on any atom is 0.137 e. The summed E-state index contributed by atoms with van der Waals surface area (Å²) in [5.41, 5.74) is 6.65. The number of halogens is 1. The van der Waals surface area contributed by atoms with Gasteiger partial charge in [-0.1, -0.05) is 23.7 Å². The van der Waals surface area contributed by atoms with Crippen LogP contribution in [0, 0.1) is 6.92 Å². The van der Waals surface area contributed by atoms with Crippen LogP contribution in [0.3, 0.4) is 0 Å². The Kier molecular flexibility index (Phi) is 4.58. The van der Waals surface area contributed by atoms with Gasteiger partial charge in [-0.2, -0.15) is 0 Å². The molecule has 96 valence electrons. The molecule has 0 saturated heterocycles. The van der Waals surface area contributed by atoms with Crippen molar-refractivity contribution in [2.24, 2.45) is 5.73 Å². The molecule has 0 spiro atoms. The van der Waals surface area contributed by atoms with Crippen molar-refractivity contribution in [3.8, 4) is 5.75 Å². The van der Waals surface area contributed by atoms with Crippen LogP contribution in [0.1, 0.15) is 15.6 Å². The van der Waals surface area contributed by atoms with Crippen molar-refractivity contribution < 1.29 is 4.74 Å². The van der Waals surface area contributed by atoms with Gasteiger partial charge in [0.15, 0.2) is 0 Å². The molecule has 0 bridgehead atoms. The van der Waals surface area contributed by atoms with Gasteiger partial charge in [0.25, 0.3) is 0 Å². The van der Waals surface area contributed by atoms with E-state index in [2.05, 4.69) is 4.98 Å². The summed E-state index contributed by atoms with van der Waals surface area (Å²) in [7, 11) is 0. The summed E-state index contributed by atoms with van der Waals surface area (Å²) >= 11 is 7.65. The minimum Gasteiger partial charge on any atom is -0.492 e. The van der Waals surface area contributed by atoms with E-state index in [-0.39, 0.29) is 0 Å². The van der Waals surface area contributed by atoms with Crippen LogP contribution in [0.15, 0.2) is 24.3 Å². The zero-order valence-corrected chi connectivity index (χ0v) is 11.7. The highest BCUT2D eigenvalue weighted by Crippen LogP contribution is 2.23. The largest absolute Gasteiger partial charge is 0.492 e. The van der Waals surface area contributed by atoms with Crippen molar-refractivity contribution in [2.75, 3.05) is 6.61 Å². The summed E-state index contributed by atoms with van der Waals surface area (Å²) in [6.07, 6.45) is 0.775. The average Bonchev–Trinajstić information content (AvgIpc) is 2.72. The highest BCUT2D eigenvalue weighted by Gasteiger charge is 2.06.